The van der Waals surface area contributed by atoms with Gasteiger partial charge in [-0.2, -0.15) is 0 Å². The van der Waals surface area contributed by atoms with E-state index in [2.05, 4.69) is 5.32 Å². The number of nitrogens with one attached hydrogen (secondary N) is 1. The molecule has 0 aliphatic carbocycles. The smallest absolute Gasteiger partial charge is 0.149 e. The lowest BCUT2D eigenvalue weighted by atomic mass is 10.1. The van der Waals surface area contributed by atoms with Gasteiger partial charge in [0, 0.05) is 16.3 Å². The molecule has 0 saturated carbocycles. The minimum Gasteiger partial charge on any atom is -0.389 e. The molecule has 0 atom stereocenters. The molecule has 2 aromatic rings. The van der Waals surface area contributed by atoms with Crippen LogP contribution in [0.4, 0.5) is 20.2 Å². The quantitative estimate of drug-likeness (QED) is 0.841. The van der Waals surface area contributed by atoms with Crippen molar-refractivity contribution in [3.8, 4) is 0 Å². The Hall–Kier alpha value is -1.72. The Balaban J connectivity index is 2.47. The van der Waals surface area contributed by atoms with Gasteiger partial charge in [0.2, 0.25) is 0 Å². The van der Waals surface area contributed by atoms with Gasteiger partial charge < -0.3 is 11.1 Å². The van der Waals surface area contributed by atoms with E-state index in [0.717, 1.165) is 12.1 Å². The summed E-state index contributed by atoms with van der Waals surface area (Å²) in [5.74, 6) is -1.41. The molecule has 0 spiro atoms. The highest BCUT2D eigenvalue weighted by Gasteiger charge is 2.12. The number of thiocarbonyl (C=S) groups is 1. The normalized spacial score (nSPS) is 10.3. The van der Waals surface area contributed by atoms with Crippen LogP contribution in [0.1, 0.15) is 5.56 Å². The van der Waals surface area contributed by atoms with Gasteiger partial charge in [0.15, 0.2) is 0 Å². The van der Waals surface area contributed by atoms with Crippen LogP contribution in [0.15, 0.2) is 36.4 Å². The second-order valence-electron chi connectivity index (χ2n) is 3.78. The minimum atomic E-state index is -0.705. The number of nitrogens with two attached hydrogens (primary N) is 1. The summed E-state index contributed by atoms with van der Waals surface area (Å²) >= 11 is 10.7. The Kier molecular flexibility index (Phi) is 3.97. The largest absolute Gasteiger partial charge is 0.389 e. The maximum Gasteiger partial charge on any atom is 0.149 e. The fourth-order valence-corrected chi connectivity index (χ4v) is 1.92. The first-order valence-corrected chi connectivity index (χ1v) is 6.08. The second kappa shape index (κ2) is 5.50. The number of halogens is 3. The molecule has 0 radical (unpaired) electrons. The Morgan fingerprint density at radius 3 is 2.37 bits per heavy atom. The molecule has 0 aliphatic rings. The van der Waals surface area contributed by atoms with Crippen LogP contribution in [0, 0.1) is 11.6 Å². The number of hydrogen-bond donors (Lipinski definition) is 2. The van der Waals surface area contributed by atoms with Crippen LogP contribution in [0.5, 0.6) is 0 Å². The van der Waals surface area contributed by atoms with E-state index in [-0.39, 0.29) is 10.7 Å². The predicted molar refractivity (Wildman–Crippen MR) is 77.0 cm³/mol. The summed E-state index contributed by atoms with van der Waals surface area (Å²) in [6.07, 6.45) is 0. The van der Waals surface area contributed by atoms with Crippen LogP contribution in [0.2, 0.25) is 5.02 Å². The zero-order valence-corrected chi connectivity index (χ0v) is 11.2. The molecular weight excluding hydrogens is 290 g/mol. The maximum atomic E-state index is 13.6. The fraction of sp³-hybridized carbons (Fsp3) is 0. The number of rotatable bonds is 3. The van der Waals surface area contributed by atoms with Gasteiger partial charge in [-0.3, -0.25) is 0 Å². The highest BCUT2D eigenvalue weighted by Crippen LogP contribution is 2.27. The molecule has 0 aliphatic heterocycles. The molecule has 0 heterocycles. The van der Waals surface area contributed by atoms with Gasteiger partial charge in [0.25, 0.3) is 0 Å². The average molecular weight is 299 g/mol. The van der Waals surface area contributed by atoms with E-state index in [9.17, 15) is 8.78 Å². The Morgan fingerprint density at radius 2 is 1.79 bits per heavy atom. The summed E-state index contributed by atoms with van der Waals surface area (Å²) in [5.41, 5.74) is 6.11. The molecule has 0 saturated heterocycles. The van der Waals surface area contributed by atoms with Crippen molar-refractivity contribution in [2.24, 2.45) is 5.73 Å². The number of benzene rings is 2. The van der Waals surface area contributed by atoms with E-state index in [0.29, 0.717) is 16.3 Å². The third-order valence-corrected chi connectivity index (χ3v) is 2.92. The summed E-state index contributed by atoms with van der Waals surface area (Å²) in [6.45, 7) is 0. The summed E-state index contributed by atoms with van der Waals surface area (Å²) in [7, 11) is 0. The van der Waals surface area contributed by atoms with Crippen molar-refractivity contribution in [2.75, 3.05) is 5.32 Å². The molecule has 0 fully saturated rings. The van der Waals surface area contributed by atoms with Crippen LogP contribution in [-0.4, -0.2) is 4.99 Å². The lowest BCUT2D eigenvalue weighted by Gasteiger charge is -2.13. The summed E-state index contributed by atoms with van der Waals surface area (Å²) in [5, 5.41) is 3.07. The third-order valence-electron chi connectivity index (χ3n) is 2.47. The lowest BCUT2D eigenvalue weighted by molar-refractivity contribution is 0.591. The summed E-state index contributed by atoms with van der Waals surface area (Å²) in [6, 6.07) is 8.26. The molecule has 0 amide bonds. The standard InChI is InChI=1S/C13H9ClF2N2S/c14-7-4-5-11(8(6-7)13(17)19)18-12-9(15)2-1-3-10(12)16/h1-6,18H,(H2,17,19). The zero-order valence-electron chi connectivity index (χ0n) is 9.58. The van der Waals surface area contributed by atoms with Crippen LogP contribution >= 0.6 is 23.8 Å². The summed E-state index contributed by atoms with van der Waals surface area (Å²) in [4.78, 5) is 0.0850. The van der Waals surface area contributed by atoms with Gasteiger partial charge >= 0.3 is 0 Å². The topological polar surface area (TPSA) is 38.0 Å². The van der Waals surface area contributed by atoms with E-state index in [4.69, 9.17) is 29.6 Å². The molecule has 2 rings (SSSR count). The first-order chi connectivity index (χ1) is 8.99. The van der Waals surface area contributed by atoms with E-state index in [1.807, 2.05) is 0 Å². The first kappa shape index (κ1) is 13.7. The third kappa shape index (κ3) is 3.00. The second-order valence-corrected chi connectivity index (χ2v) is 4.65. The van der Waals surface area contributed by atoms with Gasteiger partial charge in [-0.1, -0.05) is 29.9 Å². The van der Waals surface area contributed by atoms with Gasteiger partial charge in [0.1, 0.15) is 22.3 Å². The molecule has 2 nitrogen and oxygen atoms in total. The van der Waals surface area contributed by atoms with Crippen LogP contribution < -0.4 is 11.1 Å². The predicted octanol–water partition coefficient (Wildman–Crippen LogP) is 4.00. The van der Waals surface area contributed by atoms with Crippen molar-refractivity contribution in [3.63, 3.8) is 0 Å². The lowest BCUT2D eigenvalue weighted by Crippen LogP contribution is -2.12. The number of para-hydroxylation sites is 1. The summed E-state index contributed by atoms with van der Waals surface area (Å²) < 4.78 is 27.1. The van der Waals surface area contributed by atoms with E-state index in [1.165, 1.54) is 12.1 Å². The molecule has 2 aromatic carbocycles. The average Bonchev–Trinajstić information content (AvgIpc) is 2.35. The van der Waals surface area contributed by atoms with E-state index >= 15 is 0 Å². The van der Waals surface area contributed by atoms with Crippen molar-refractivity contribution >= 4 is 40.2 Å². The van der Waals surface area contributed by atoms with Crippen LogP contribution in [0.3, 0.4) is 0 Å². The van der Waals surface area contributed by atoms with Crippen LogP contribution in [-0.2, 0) is 0 Å². The van der Waals surface area contributed by atoms with Gasteiger partial charge in [-0.05, 0) is 30.3 Å². The van der Waals surface area contributed by atoms with Gasteiger partial charge in [-0.25, -0.2) is 8.78 Å². The highest BCUT2D eigenvalue weighted by molar-refractivity contribution is 7.80. The molecule has 0 aromatic heterocycles. The molecule has 0 unspecified atom stereocenters. The zero-order chi connectivity index (χ0) is 14.0. The SMILES string of the molecule is NC(=S)c1cc(Cl)ccc1Nc1c(F)cccc1F. The molecule has 6 heteroatoms. The van der Waals surface area contributed by atoms with E-state index in [1.54, 1.807) is 12.1 Å². The van der Waals surface area contributed by atoms with Gasteiger partial charge in [0.05, 0.1) is 0 Å². The Morgan fingerprint density at radius 1 is 1.16 bits per heavy atom. The number of anilines is 2. The molecule has 98 valence electrons. The Labute approximate surface area is 119 Å². The van der Waals surface area contributed by atoms with E-state index < -0.39 is 11.6 Å². The minimum absolute atomic E-state index is 0.0850. The molecule has 3 N–H and O–H groups in total. The van der Waals surface area contributed by atoms with Crippen molar-refractivity contribution in [2.45, 2.75) is 0 Å². The number of hydrogen-bond acceptors (Lipinski definition) is 2. The van der Waals surface area contributed by atoms with Crippen molar-refractivity contribution in [1.82, 2.24) is 0 Å². The van der Waals surface area contributed by atoms with Crippen LogP contribution in [0.25, 0.3) is 0 Å². The van der Waals surface area contributed by atoms with Crippen molar-refractivity contribution in [3.05, 3.63) is 58.6 Å². The molecular formula is C13H9ClF2N2S. The van der Waals surface area contributed by atoms with Crippen molar-refractivity contribution < 1.29 is 8.78 Å². The van der Waals surface area contributed by atoms with Crippen molar-refractivity contribution in [1.29, 1.82) is 0 Å². The first-order valence-electron chi connectivity index (χ1n) is 5.29. The van der Waals surface area contributed by atoms with Gasteiger partial charge in [-0.15, -0.1) is 0 Å². The maximum absolute atomic E-state index is 13.6. The molecule has 19 heavy (non-hydrogen) atoms. The highest BCUT2D eigenvalue weighted by atomic mass is 35.5. The molecule has 0 bridgehead atoms. The monoisotopic (exact) mass is 298 g/mol. The Bertz CT molecular complexity index is 626. The fourth-order valence-electron chi connectivity index (χ4n) is 1.58.